The monoisotopic (exact) mass is 323 g/mol. The molecule has 0 radical (unpaired) electrons. The number of β-amino-alcohol motifs (C(OH)–C–C–N with tert-alkyl or cyclic N) is 1. The van der Waals surface area contributed by atoms with Crippen molar-refractivity contribution < 1.29 is 5.11 Å². The molecule has 0 bridgehead atoms. The van der Waals surface area contributed by atoms with Gasteiger partial charge in [-0.05, 0) is 25.1 Å². The van der Waals surface area contributed by atoms with Crippen LogP contribution in [0.5, 0.6) is 0 Å². The van der Waals surface area contributed by atoms with Crippen molar-refractivity contribution in [2.24, 2.45) is 0 Å². The fourth-order valence-electron chi connectivity index (χ4n) is 2.42. The van der Waals surface area contributed by atoms with Crippen molar-refractivity contribution >= 4 is 21.6 Å². The summed E-state index contributed by atoms with van der Waals surface area (Å²) in [7, 11) is 0. The first kappa shape index (κ1) is 14.3. The molecule has 1 aromatic rings. The third kappa shape index (κ3) is 3.69. The van der Waals surface area contributed by atoms with Crippen molar-refractivity contribution in [3.8, 4) is 6.07 Å². The van der Waals surface area contributed by atoms with Crippen LogP contribution >= 0.6 is 15.9 Å². The Morgan fingerprint density at radius 3 is 2.63 bits per heavy atom. The van der Waals surface area contributed by atoms with Crippen LogP contribution < -0.4 is 4.90 Å². The number of nitriles is 1. The van der Waals surface area contributed by atoms with E-state index in [9.17, 15) is 10.4 Å². The summed E-state index contributed by atoms with van der Waals surface area (Å²) in [5, 5.41) is 18.6. The van der Waals surface area contributed by atoms with Crippen molar-refractivity contribution in [2.45, 2.75) is 13.0 Å². The first-order chi connectivity index (χ1) is 9.10. The van der Waals surface area contributed by atoms with Crippen LogP contribution in [0.1, 0.15) is 12.5 Å². The van der Waals surface area contributed by atoms with Gasteiger partial charge in [0, 0.05) is 37.2 Å². The molecule has 1 aliphatic rings. The van der Waals surface area contributed by atoms with Gasteiger partial charge in [0.2, 0.25) is 0 Å². The van der Waals surface area contributed by atoms with E-state index in [0.29, 0.717) is 5.56 Å². The molecule has 0 saturated carbocycles. The minimum atomic E-state index is -0.283. The number of piperazine rings is 1. The standard InChI is InChI=1S/C14H18BrN3O/c1-11(19)10-17-4-6-18(7-5-17)14-3-2-13(15)8-12(14)9-16/h2-3,8,11,19H,4-7,10H2,1H3/t11-/m1/s1. The normalized spacial score (nSPS) is 18.1. The van der Waals surface area contributed by atoms with Crippen molar-refractivity contribution in [1.29, 1.82) is 5.26 Å². The highest BCUT2D eigenvalue weighted by molar-refractivity contribution is 9.10. The minimum Gasteiger partial charge on any atom is -0.392 e. The molecule has 0 spiro atoms. The van der Waals surface area contributed by atoms with Crippen LogP contribution in [0.2, 0.25) is 0 Å². The number of anilines is 1. The number of nitrogens with zero attached hydrogens (tertiary/aromatic N) is 3. The summed E-state index contributed by atoms with van der Waals surface area (Å²) in [5.74, 6) is 0. The molecule has 4 nitrogen and oxygen atoms in total. The number of aliphatic hydroxyl groups is 1. The molecule has 0 aliphatic carbocycles. The summed E-state index contributed by atoms with van der Waals surface area (Å²) in [6.07, 6.45) is -0.283. The SMILES string of the molecule is C[C@@H](O)CN1CCN(c2ccc(Br)cc2C#N)CC1. The van der Waals surface area contributed by atoms with E-state index >= 15 is 0 Å². The van der Waals surface area contributed by atoms with Crippen molar-refractivity contribution in [3.63, 3.8) is 0 Å². The van der Waals surface area contributed by atoms with Gasteiger partial charge >= 0.3 is 0 Å². The zero-order chi connectivity index (χ0) is 13.8. The average molecular weight is 324 g/mol. The van der Waals surface area contributed by atoms with Crippen LogP contribution in [-0.2, 0) is 0 Å². The first-order valence-corrected chi connectivity index (χ1v) is 7.24. The van der Waals surface area contributed by atoms with Gasteiger partial charge in [-0.15, -0.1) is 0 Å². The second-order valence-electron chi connectivity index (χ2n) is 4.91. The number of hydrogen-bond donors (Lipinski definition) is 1. The zero-order valence-electron chi connectivity index (χ0n) is 11.0. The fraction of sp³-hybridized carbons (Fsp3) is 0.500. The van der Waals surface area contributed by atoms with Crippen LogP contribution in [0.3, 0.4) is 0 Å². The quantitative estimate of drug-likeness (QED) is 0.922. The molecule has 102 valence electrons. The fourth-order valence-corrected chi connectivity index (χ4v) is 2.78. The highest BCUT2D eigenvalue weighted by Gasteiger charge is 2.20. The largest absolute Gasteiger partial charge is 0.392 e. The number of aliphatic hydroxyl groups excluding tert-OH is 1. The van der Waals surface area contributed by atoms with Gasteiger partial charge < -0.3 is 10.0 Å². The molecular formula is C14H18BrN3O. The van der Waals surface area contributed by atoms with E-state index < -0.39 is 0 Å². The lowest BCUT2D eigenvalue weighted by atomic mass is 10.1. The molecular weight excluding hydrogens is 306 g/mol. The van der Waals surface area contributed by atoms with E-state index in [1.54, 1.807) is 0 Å². The molecule has 1 aliphatic heterocycles. The Kier molecular flexibility index (Phi) is 4.81. The Morgan fingerprint density at radius 1 is 1.37 bits per heavy atom. The third-order valence-corrected chi connectivity index (χ3v) is 3.81. The summed E-state index contributed by atoms with van der Waals surface area (Å²) in [6.45, 7) is 6.16. The maximum Gasteiger partial charge on any atom is 0.101 e. The van der Waals surface area contributed by atoms with Crippen molar-refractivity contribution in [2.75, 3.05) is 37.6 Å². The van der Waals surface area contributed by atoms with E-state index in [4.69, 9.17) is 0 Å². The molecule has 1 saturated heterocycles. The highest BCUT2D eigenvalue weighted by atomic mass is 79.9. The molecule has 1 heterocycles. The molecule has 1 aromatic carbocycles. The maximum absolute atomic E-state index is 9.40. The van der Waals surface area contributed by atoms with Crippen LogP contribution in [0.4, 0.5) is 5.69 Å². The van der Waals surface area contributed by atoms with E-state index in [2.05, 4.69) is 31.8 Å². The molecule has 1 atom stereocenters. The van der Waals surface area contributed by atoms with Gasteiger partial charge in [0.1, 0.15) is 6.07 Å². The second-order valence-corrected chi connectivity index (χ2v) is 5.83. The minimum absolute atomic E-state index is 0.283. The Hall–Kier alpha value is -1.09. The Morgan fingerprint density at radius 2 is 2.05 bits per heavy atom. The van der Waals surface area contributed by atoms with Gasteiger partial charge in [-0.1, -0.05) is 15.9 Å². The van der Waals surface area contributed by atoms with E-state index in [1.807, 2.05) is 25.1 Å². The van der Waals surface area contributed by atoms with Gasteiger partial charge in [0.25, 0.3) is 0 Å². The lowest BCUT2D eigenvalue weighted by Gasteiger charge is -2.36. The van der Waals surface area contributed by atoms with Crippen LogP contribution in [0.15, 0.2) is 22.7 Å². The van der Waals surface area contributed by atoms with Crippen molar-refractivity contribution in [1.82, 2.24) is 4.90 Å². The predicted molar refractivity (Wildman–Crippen MR) is 79.2 cm³/mol. The molecule has 5 heteroatoms. The smallest absolute Gasteiger partial charge is 0.101 e. The van der Waals surface area contributed by atoms with Crippen LogP contribution in [0, 0.1) is 11.3 Å². The van der Waals surface area contributed by atoms with Crippen LogP contribution in [-0.4, -0.2) is 48.8 Å². The van der Waals surface area contributed by atoms with Crippen molar-refractivity contribution in [3.05, 3.63) is 28.2 Å². The summed E-state index contributed by atoms with van der Waals surface area (Å²) in [4.78, 5) is 4.50. The lowest BCUT2D eigenvalue weighted by molar-refractivity contribution is 0.122. The van der Waals surface area contributed by atoms with Gasteiger partial charge in [0.05, 0.1) is 17.4 Å². The Labute approximate surface area is 122 Å². The maximum atomic E-state index is 9.40. The topological polar surface area (TPSA) is 50.5 Å². The molecule has 0 aromatic heterocycles. The summed E-state index contributed by atoms with van der Waals surface area (Å²) in [6, 6.07) is 8.07. The van der Waals surface area contributed by atoms with Gasteiger partial charge in [-0.2, -0.15) is 5.26 Å². The first-order valence-electron chi connectivity index (χ1n) is 6.45. The van der Waals surface area contributed by atoms with E-state index in [0.717, 1.165) is 42.9 Å². The lowest BCUT2D eigenvalue weighted by Crippen LogP contribution is -2.48. The molecule has 2 rings (SSSR count). The zero-order valence-corrected chi connectivity index (χ0v) is 12.6. The van der Waals surface area contributed by atoms with Gasteiger partial charge in [0.15, 0.2) is 0 Å². The molecule has 0 amide bonds. The Bertz CT molecular complexity index is 476. The number of halogens is 1. The highest BCUT2D eigenvalue weighted by Crippen LogP contribution is 2.25. The Balaban J connectivity index is 2.04. The molecule has 1 N–H and O–H groups in total. The number of rotatable bonds is 3. The second kappa shape index (κ2) is 6.38. The van der Waals surface area contributed by atoms with Gasteiger partial charge in [-0.3, -0.25) is 4.90 Å². The van der Waals surface area contributed by atoms with Crippen LogP contribution in [0.25, 0.3) is 0 Å². The summed E-state index contributed by atoms with van der Waals surface area (Å²) in [5.41, 5.74) is 1.71. The average Bonchev–Trinajstić information content (AvgIpc) is 2.39. The summed E-state index contributed by atoms with van der Waals surface area (Å²) >= 11 is 3.39. The molecule has 19 heavy (non-hydrogen) atoms. The molecule has 0 unspecified atom stereocenters. The van der Waals surface area contributed by atoms with E-state index in [-0.39, 0.29) is 6.10 Å². The predicted octanol–water partition coefficient (Wildman–Crippen LogP) is 1.82. The number of benzene rings is 1. The number of hydrogen-bond acceptors (Lipinski definition) is 4. The van der Waals surface area contributed by atoms with E-state index in [1.165, 1.54) is 0 Å². The third-order valence-electron chi connectivity index (χ3n) is 3.31. The summed E-state index contributed by atoms with van der Waals surface area (Å²) < 4.78 is 0.931. The van der Waals surface area contributed by atoms with Gasteiger partial charge in [-0.25, -0.2) is 0 Å². The molecule has 1 fully saturated rings.